The van der Waals surface area contributed by atoms with Gasteiger partial charge in [0.15, 0.2) is 0 Å². The average molecular weight is 250 g/mol. The molecule has 2 saturated carbocycles. The Bertz CT molecular complexity index is 312. The number of carbonyl (C=O) groups is 1. The maximum atomic E-state index is 12.2. The fourth-order valence-electron chi connectivity index (χ4n) is 4.40. The van der Waals surface area contributed by atoms with Crippen molar-refractivity contribution < 1.29 is 4.79 Å². The molecule has 4 atom stereocenters. The summed E-state index contributed by atoms with van der Waals surface area (Å²) in [5, 5.41) is 3.26. The molecule has 0 aromatic rings. The van der Waals surface area contributed by atoms with Gasteiger partial charge in [0.2, 0.25) is 0 Å². The van der Waals surface area contributed by atoms with Crippen LogP contribution < -0.4 is 5.32 Å². The van der Waals surface area contributed by atoms with Gasteiger partial charge >= 0.3 is 6.03 Å². The molecule has 1 aliphatic heterocycles. The largest absolute Gasteiger partial charge is 0.335 e. The van der Waals surface area contributed by atoms with E-state index >= 15 is 0 Å². The van der Waals surface area contributed by atoms with Crippen LogP contribution >= 0.6 is 0 Å². The summed E-state index contributed by atoms with van der Waals surface area (Å²) in [6.07, 6.45) is 9.26. The van der Waals surface area contributed by atoms with Crippen molar-refractivity contribution in [2.75, 3.05) is 13.1 Å². The van der Waals surface area contributed by atoms with Gasteiger partial charge in [0, 0.05) is 19.1 Å². The molecule has 0 aromatic carbocycles. The minimum Gasteiger partial charge on any atom is -0.335 e. The van der Waals surface area contributed by atoms with Gasteiger partial charge in [0.05, 0.1) is 0 Å². The molecule has 2 amide bonds. The summed E-state index contributed by atoms with van der Waals surface area (Å²) >= 11 is 0. The van der Waals surface area contributed by atoms with Crippen molar-refractivity contribution in [3.8, 4) is 0 Å². The third-order valence-corrected chi connectivity index (χ3v) is 5.43. The Morgan fingerprint density at radius 2 is 1.94 bits per heavy atom. The van der Waals surface area contributed by atoms with Gasteiger partial charge in [0.25, 0.3) is 0 Å². The van der Waals surface area contributed by atoms with Crippen LogP contribution in [0.5, 0.6) is 0 Å². The lowest BCUT2D eigenvalue weighted by atomic mass is 9.84. The van der Waals surface area contributed by atoms with E-state index in [0.29, 0.717) is 6.04 Å². The molecule has 1 heterocycles. The molecule has 3 fully saturated rings. The van der Waals surface area contributed by atoms with Crippen LogP contribution in [-0.2, 0) is 0 Å². The molecule has 1 saturated heterocycles. The van der Waals surface area contributed by atoms with Crippen molar-refractivity contribution in [1.29, 1.82) is 0 Å². The number of fused-ring (bicyclic) bond motifs is 2. The van der Waals surface area contributed by atoms with Crippen molar-refractivity contribution in [3.63, 3.8) is 0 Å². The Kier molecular flexibility index (Phi) is 3.49. The molecular weight excluding hydrogens is 224 g/mol. The molecule has 0 aromatic heterocycles. The molecule has 3 heteroatoms. The molecule has 102 valence electrons. The first-order valence-electron chi connectivity index (χ1n) is 7.79. The highest BCUT2D eigenvalue weighted by molar-refractivity contribution is 5.74. The highest BCUT2D eigenvalue weighted by Gasteiger charge is 2.42. The predicted octanol–water partition coefficient (Wildman–Crippen LogP) is 3.01. The highest BCUT2D eigenvalue weighted by Crippen LogP contribution is 2.49. The number of carbonyl (C=O) groups excluding carboxylic acids is 1. The van der Waals surface area contributed by atoms with Crippen molar-refractivity contribution in [3.05, 3.63) is 0 Å². The summed E-state index contributed by atoms with van der Waals surface area (Å²) < 4.78 is 0. The Labute approximate surface area is 110 Å². The van der Waals surface area contributed by atoms with Gasteiger partial charge in [-0.2, -0.15) is 0 Å². The number of nitrogens with zero attached hydrogens (tertiary/aromatic N) is 1. The van der Waals surface area contributed by atoms with Gasteiger partial charge in [-0.15, -0.1) is 0 Å². The van der Waals surface area contributed by atoms with Crippen LogP contribution in [0.3, 0.4) is 0 Å². The molecular formula is C15H26N2O. The third kappa shape index (κ3) is 2.36. The second-order valence-corrected chi connectivity index (χ2v) is 6.62. The van der Waals surface area contributed by atoms with Crippen molar-refractivity contribution in [2.45, 2.75) is 57.9 Å². The van der Waals surface area contributed by atoms with Crippen molar-refractivity contribution in [1.82, 2.24) is 10.2 Å². The first-order valence-corrected chi connectivity index (χ1v) is 7.79. The number of rotatable bonds is 2. The molecule has 18 heavy (non-hydrogen) atoms. The number of amides is 2. The number of hydrogen-bond donors (Lipinski definition) is 1. The highest BCUT2D eigenvalue weighted by atomic mass is 16.2. The monoisotopic (exact) mass is 250 g/mol. The fraction of sp³-hybridized carbons (Fsp3) is 0.933. The zero-order chi connectivity index (χ0) is 12.5. The van der Waals surface area contributed by atoms with Crippen LogP contribution in [0.4, 0.5) is 4.79 Å². The minimum atomic E-state index is 0.185. The second kappa shape index (κ2) is 5.10. The van der Waals surface area contributed by atoms with Crippen LogP contribution in [0.15, 0.2) is 0 Å². The van der Waals surface area contributed by atoms with Gasteiger partial charge in [-0.05, 0) is 63.2 Å². The molecule has 0 radical (unpaired) electrons. The molecule has 4 unspecified atom stereocenters. The molecule has 3 aliphatic rings. The van der Waals surface area contributed by atoms with Crippen LogP contribution in [0.2, 0.25) is 0 Å². The molecule has 2 bridgehead atoms. The van der Waals surface area contributed by atoms with Crippen LogP contribution in [0, 0.1) is 17.8 Å². The lowest BCUT2D eigenvalue weighted by Crippen LogP contribution is -2.48. The van der Waals surface area contributed by atoms with E-state index in [1.54, 1.807) is 0 Å². The Morgan fingerprint density at radius 3 is 2.56 bits per heavy atom. The van der Waals surface area contributed by atoms with Crippen molar-refractivity contribution >= 4 is 6.03 Å². The third-order valence-electron chi connectivity index (χ3n) is 5.43. The summed E-state index contributed by atoms with van der Waals surface area (Å²) in [5.41, 5.74) is 0. The summed E-state index contributed by atoms with van der Waals surface area (Å²) in [6, 6.07) is 0.555. The fourth-order valence-corrected chi connectivity index (χ4v) is 4.40. The van der Waals surface area contributed by atoms with Crippen LogP contribution in [0.1, 0.15) is 51.9 Å². The SMILES string of the molecule is CC(NC(=O)N1CCCCC1)C1CC2CCC1C2. The molecule has 3 rings (SSSR count). The number of urea groups is 1. The van der Waals surface area contributed by atoms with E-state index < -0.39 is 0 Å². The van der Waals surface area contributed by atoms with Gasteiger partial charge in [-0.25, -0.2) is 4.79 Å². The number of likely N-dealkylation sites (tertiary alicyclic amines) is 1. The lowest BCUT2D eigenvalue weighted by Gasteiger charge is -2.32. The van der Waals surface area contributed by atoms with Crippen LogP contribution in [-0.4, -0.2) is 30.1 Å². The average Bonchev–Trinajstić information content (AvgIpc) is 3.02. The quantitative estimate of drug-likeness (QED) is 0.803. The van der Waals surface area contributed by atoms with E-state index in [2.05, 4.69) is 12.2 Å². The number of piperidine rings is 1. The van der Waals surface area contributed by atoms with E-state index in [9.17, 15) is 4.79 Å². The number of hydrogen-bond acceptors (Lipinski definition) is 1. The van der Waals surface area contributed by atoms with Crippen molar-refractivity contribution in [2.24, 2.45) is 17.8 Å². The molecule has 3 nitrogen and oxygen atoms in total. The van der Waals surface area contributed by atoms with E-state index in [1.807, 2.05) is 4.90 Å². The maximum Gasteiger partial charge on any atom is 0.317 e. The number of nitrogens with one attached hydrogen (secondary N) is 1. The Hall–Kier alpha value is -0.730. The zero-order valence-electron chi connectivity index (χ0n) is 11.5. The second-order valence-electron chi connectivity index (χ2n) is 6.62. The van der Waals surface area contributed by atoms with E-state index in [0.717, 1.165) is 30.8 Å². The Morgan fingerprint density at radius 1 is 1.17 bits per heavy atom. The first kappa shape index (κ1) is 12.3. The van der Waals surface area contributed by atoms with E-state index in [-0.39, 0.29) is 6.03 Å². The molecule has 0 spiro atoms. The first-order chi connectivity index (χ1) is 8.74. The minimum absolute atomic E-state index is 0.185. The predicted molar refractivity (Wildman–Crippen MR) is 72.4 cm³/mol. The van der Waals surface area contributed by atoms with E-state index in [1.165, 1.54) is 44.9 Å². The lowest BCUT2D eigenvalue weighted by molar-refractivity contribution is 0.173. The molecule has 2 aliphatic carbocycles. The summed E-state index contributed by atoms with van der Waals surface area (Å²) in [7, 11) is 0. The van der Waals surface area contributed by atoms with Gasteiger partial charge in [-0.3, -0.25) is 0 Å². The van der Waals surface area contributed by atoms with Gasteiger partial charge in [-0.1, -0.05) is 6.42 Å². The standard InChI is InChI=1S/C15H26N2O/c1-11(14-10-12-5-6-13(14)9-12)16-15(18)17-7-3-2-4-8-17/h11-14H,2-10H2,1H3,(H,16,18). The Balaban J connectivity index is 1.51. The normalized spacial score (nSPS) is 36.7. The zero-order valence-corrected chi connectivity index (χ0v) is 11.5. The van der Waals surface area contributed by atoms with Gasteiger partial charge < -0.3 is 10.2 Å². The summed E-state index contributed by atoms with van der Waals surface area (Å²) in [5.74, 6) is 2.61. The van der Waals surface area contributed by atoms with Gasteiger partial charge in [0.1, 0.15) is 0 Å². The van der Waals surface area contributed by atoms with Crippen LogP contribution in [0.25, 0.3) is 0 Å². The summed E-state index contributed by atoms with van der Waals surface area (Å²) in [4.78, 5) is 14.2. The topological polar surface area (TPSA) is 32.3 Å². The maximum absolute atomic E-state index is 12.2. The molecule has 1 N–H and O–H groups in total. The van der Waals surface area contributed by atoms with E-state index in [4.69, 9.17) is 0 Å². The smallest absolute Gasteiger partial charge is 0.317 e. The summed E-state index contributed by atoms with van der Waals surface area (Å²) in [6.45, 7) is 4.12.